The van der Waals surface area contributed by atoms with Crippen molar-refractivity contribution in [3.63, 3.8) is 0 Å². The normalized spacial score (nSPS) is 18.8. The molecule has 0 bridgehead atoms. The third-order valence-electron chi connectivity index (χ3n) is 3.45. The number of anilines is 2. The molecule has 1 fully saturated rings. The average molecular weight is 291 g/mol. The monoisotopic (exact) mass is 291 g/mol. The van der Waals surface area contributed by atoms with Gasteiger partial charge in [-0.05, 0) is 25.1 Å². The van der Waals surface area contributed by atoms with Gasteiger partial charge in [-0.3, -0.25) is 9.59 Å². The molecule has 3 rings (SSSR count). The van der Waals surface area contributed by atoms with Crippen molar-refractivity contribution >= 4 is 23.2 Å². The van der Waals surface area contributed by atoms with Gasteiger partial charge in [0.15, 0.2) is 6.61 Å². The highest BCUT2D eigenvalue weighted by molar-refractivity contribution is 5.97. The predicted molar refractivity (Wildman–Crippen MR) is 76.4 cm³/mol. The summed E-state index contributed by atoms with van der Waals surface area (Å²) >= 11 is 0. The van der Waals surface area contributed by atoms with Crippen LogP contribution in [0.2, 0.25) is 0 Å². The van der Waals surface area contributed by atoms with Crippen molar-refractivity contribution in [2.45, 2.75) is 12.5 Å². The molecular weight excluding hydrogens is 274 g/mol. The number of hydrogen-bond acceptors (Lipinski definition) is 5. The number of nitrogens with one attached hydrogen (secondary N) is 3. The molecular formula is C14H17N3O4. The molecule has 1 aromatic carbocycles. The molecule has 2 amide bonds. The highest BCUT2D eigenvalue weighted by Gasteiger charge is 2.33. The Labute approximate surface area is 122 Å². The first kappa shape index (κ1) is 13.8. The van der Waals surface area contributed by atoms with Gasteiger partial charge in [-0.2, -0.15) is 0 Å². The van der Waals surface area contributed by atoms with Gasteiger partial charge in [0, 0.05) is 18.8 Å². The maximum absolute atomic E-state index is 11.9. The van der Waals surface area contributed by atoms with Crippen LogP contribution in [-0.4, -0.2) is 43.7 Å². The molecule has 0 radical (unpaired) electrons. The second kappa shape index (κ2) is 5.34. The van der Waals surface area contributed by atoms with Crippen LogP contribution in [0.15, 0.2) is 18.2 Å². The standard InChI is InChI=1S/C14H17N3O4/c1-14(7-15-8-14)21-6-13(19)16-9-2-3-11-10(4-9)17-12(18)5-20-11/h2-4,15H,5-8H2,1H3,(H,16,19)(H,17,18). The van der Waals surface area contributed by atoms with E-state index in [0.717, 1.165) is 13.1 Å². The molecule has 2 heterocycles. The first-order chi connectivity index (χ1) is 10.0. The smallest absolute Gasteiger partial charge is 0.262 e. The highest BCUT2D eigenvalue weighted by Crippen LogP contribution is 2.30. The summed E-state index contributed by atoms with van der Waals surface area (Å²) in [5.74, 6) is 0.155. The fraction of sp³-hybridized carbons (Fsp3) is 0.429. The zero-order chi connectivity index (χ0) is 14.9. The maximum Gasteiger partial charge on any atom is 0.262 e. The quantitative estimate of drug-likeness (QED) is 0.744. The van der Waals surface area contributed by atoms with Crippen molar-refractivity contribution in [3.05, 3.63) is 18.2 Å². The van der Waals surface area contributed by atoms with E-state index in [1.54, 1.807) is 18.2 Å². The summed E-state index contributed by atoms with van der Waals surface area (Å²) in [5.41, 5.74) is 0.889. The minimum absolute atomic E-state index is 0.00186. The lowest BCUT2D eigenvalue weighted by molar-refractivity contribution is -0.130. The molecule has 1 aromatic rings. The minimum Gasteiger partial charge on any atom is -0.482 e. The Balaban J connectivity index is 1.58. The second-order valence-electron chi connectivity index (χ2n) is 5.44. The molecule has 3 N–H and O–H groups in total. The molecule has 0 aliphatic carbocycles. The van der Waals surface area contributed by atoms with Crippen LogP contribution in [0.5, 0.6) is 5.75 Å². The van der Waals surface area contributed by atoms with E-state index in [-0.39, 0.29) is 30.6 Å². The van der Waals surface area contributed by atoms with E-state index < -0.39 is 0 Å². The van der Waals surface area contributed by atoms with Gasteiger partial charge in [0.1, 0.15) is 12.4 Å². The van der Waals surface area contributed by atoms with Gasteiger partial charge in [-0.15, -0.1) is 0 Å². The van der Waals surface area contributed by atoms with Crippen LogP contribution >= 0.6 is 0 Å². The Morgan fingerprint density at radius 3 is 3.00 bits per heavy atom. The van der Waals surface area contributed by atoms with Crippen LogP contribution in [0.1, 0.15) is 6.92 Å². The summed E-state index contributed by atoms with van der Waals surface area (Å²) in [6.45, 7) is 3.48. The third kappa shape index (κ3) is 3.14. The number of amides is 2. The number of carbonyl (C=O) groups is 2. The summed E-state index contributed by atoms with van der Waals surface area (Å²) in [7, 11) is 0. The van der Waals surface area contributed by atoms with Crippen LogP contribution < -0.4 is 20.7 Å². The summed E-state index contributed by atoms with van der Waals surface area (Å²) in [6, 6.07) is 5.10. The molecule has 0 atom stereocenters. The van der Waals surface area contributed by atoms with E-state index in [9.17, 15) is 9.59 Å². The van der Waals surface area contributed by atoms with Gasteiger partial charge in [0.2, 0.25) is 5.91 Å². The van der Waals surface area contributed by atoms with E-state index in [4.69, 9.17) is 9.47 Å². The highest BCUT2D eigenvalue weighted by atomic mass is 16.5. The SMILES string of the molecule is CC1(OCC(=O)Nc2ccc3c(c2)NC(=O)CO3)CNC1. The Bertz CT molecular complexity index is 584. The minimum atomic E-state index is -0.255. The largest absolute Gasteiger partial charge is 0.482 e. The Morgan fingerprint density at radius 2 is 2.29 bits per heavy atom. The Kier molecular flexibility index (Phi) is 3.52. The number of carbonyl (C=O) groups excluding carboxylic acids is 2. The van der Waals surface area contributed by atoms with Gasteiger partial charge in [0.25, 0.3) is 5.91 Å². The summed E-state index contributed by atoms with van der Waals surface area (Å²) in [5, 5.41) is 8.53. The zero-order valence-electron chi connectivity index (χ0n) is 11.7. The first-order valence-corrected chi connectivity index (χ1v) is 6.75. The van der Waals surface area contributed by atoms with E-state index in [0.29, 0.717) is 17.1 Å². The number of fused-ring (bicyclic) bond motifs is 1. The molecule has 21 heavy (non-hydrogen) atoms. The van der Waals surface area contributed by atoms with Crippen molar-refractivity contribution in [2.75, 3.05) is 36.9 Å². The van der Waals surface area contributed by atoms with Crippen molar-refractivity contribution in [3.8, 4) is 5.75 Å². The average Bonchev–Trinajstić information content (AvgIpc) is 2.42. The summed E-state index contributed by atoms with van der Waals surface area (Å²) in [6.07, 6.45) is 0. The first-order valence-electron chi connectivity index (χ1n) is 6.75. The molecule has 0 saturated carbocycles. The fourth-order valence-corrected chi connectivity index (χ4v) is 2.18. The summed E-state index contributed by atoms with van der Waals surface area (Å²) < 4.78 is 10.8. The van der Waals surface area contributed by atoms with Crippen molar-refractivity contribution in [2.24, 2.45) is 0 Å². The number of rotatable bonds is 4. The molecule has 2 aliphatic heterocycles. The Hall–Kier alpha value is -2.12. The number of hydrogen-bond donors (Lipinski definition) is 3. The number of benzene rings is 1. The topological polar surface area (TPSA) is 88.7 Å². The van der Waals surface area contributed by atoms with Crippen LogP contribution in [0.25, 0.3) is 0 Å². The molecule has 0 spiro atoms. The van der Waals surface area contributed by atoms with Crippen LogP contribution in [0.4, 0.5) is 11.4 Å². The predicted octanol–water partition coefficient (Wildman–Crippen LogP) is 0.334. The zero-order valence-corrected chi connectivity index (χ0v) is 11.7. The molecule has 2 aliphatic rings. The second-order valence-corrected chi connectivity index (χ2v) is 5.44. The molecule has 7 nitrogen and oxygen atoms in total. The lowest BCUT2D eigenvalue weighted by Gasteiger charge is -2.38. The molecule has 7 heteroatoms. The van der Waals surface area contributed by atoms with Gasteiger partial charge in [0.05, 0.1) is 11.3 Å². The van der Waals surface area contributed by atoms with E-state index in [1.165, 1.54) is 0 Å². The third-order valence-corrected chi connectivity index (χ3v) is 3.45. The van der Waals surface area contributed by atoms with Gasteiger partial charge < -0.3 is 25.4 Å². The van der Waals surface area contributed by atoms with Crippen LogP contribution in [-0.2, 0) is 14.3 Å². The van der Waals surface area contributed by atoms with Crippen molar-refractivity contribution in [1.29, 1.82) is 0 Å². The molecule has 1 saturated heterocycles. The van der Waals surface area contributed by atoms with E-state index in [1.807, 2.05) is 6.92 Å². The molecule has 112 valence electrons. The van der Waals surface area contributed by atoms with Crippen molar-refractivity contribution in [1.82, 2.24) is 5.32 Å². The van der Waals surface area contributed by atoms with E-state index in [2.05, 4.69) is 16.0 Å². The fourth-order valence-electron chi connectivity index (χ4n) is 2.18. The van der Waals surface area contributed by atoms with Crippen LogP contribution in [0, 0.1) is 0 Å². The summed E-state index contributed by atoms with van der Waals surface area (Å²) in [4.78, 5) is 23.1. The molecule has 0 unspecified atom stereocenters. The molecule has 0 aromatic heterocycles. The lowest BCUT2D eigenvalue weighted by atomic mass is 10.0. The van der Waals surface area contributed by atoms with Gasteiger partial charge in [-0.1, -0.05) is 0 Å². The lowest BCUT2D eigenvalue weighted by Crippen LogP contribution is -2.59. The Morgan fingerprint density at radius 1 is 1.48 bits per heavy atom. The van der Waals surface area contributed by atoms with Gasteiger partial charge in [-0.25, -0.2) is 0 Å². The maximum atomic E-state index is 11.9. The van der Waals surface area contributed by atoms with Crippen LogP contribution in [0.3, 0.4) is 0 Å². The van der Waals surface area contributed by atoms with E-state index >= 15 is 0 Å². The van der Waals surface area contributed by atoms with Crippen molar-refractivity contribution < 1.29 is 19.1 Å². The van der Waals surface area contributed by atoms with Gasteiger partial charge >= 0.3 is 0 Å². The number of ether oxygens (including phenoxy) is 2.